The lowest BCUT2D eigenvalue weighted by molar-refractivity contribution is 0.0692. The summed E-state index contributed by atoms with van der Waals surface area (Å²) in [6, 6.07) is 9.63. The third-order valence-electron chi connectivity index (χ3n) is 5.26. The Balaban J connectivity index is 2.50. The Hall–Kier alpha value is -2.82. The van der Waals surface area contributed by atoms with Crippen LogP contribution in [0.1, 0.15) is 78.3 Å². The van der Waals surface area contributed by atoms with E-state index in [1.165, 1.54) is 18.6 Å². The molecule has 2 rings (SSSR count). The average Bonchev–Trinajstić information content (AvgIpc) is 2.73. The highest BCUT2D eigenvalue weighted by molar-refractivity contribution is 6.16. The van der Waals surface area contributed by atoms with E-state index in [0.29, 0.717) is 18.8 Å². The minimum Gasteiger partial charge on any atom is -0.505 e. The van der Waals surface area contributed by atoms with Crippen molar-refractivity contribution in [2.24, 2.45) is 0 Å². The molecule has 0 aliphatic rings. The Kier molecular flexibility index (Phi) is 8.25. The standard InChI is InChI=1S/C24H31NO4/c1-4-7-8-9-12-17-15-16-20(23(27)21(17)25(5-2)6-3)22(26)18-13-10-11-14-19(18)24(28)29/h10-11,13-16,27H,4-9,12H2,1-3H3,(H,28,29). The maximum Gasteiger partial charge on any atom is 0.336 e. The van der Waals surface area contributed by atoms with Crippen LogP contribution in [0.2, 0.25) is 0 Å². The molecule has 5 nitrogen and oxygen atoms in total. The molecule has 0 saturated heterocycles. The molecule has 0 atom stereocenters. The van der Waals surface area contributed by atoms with Crippen LogP contribution < -0.4 is 4.90 Å². The second-order valence-electron chi connectivity index (χ2n) is 7.13. The highest BCUT2D eigenvalue weighted by atomic mass is 16.4. The number of unbranched alkanes of at least 4 members (excludes halogenated alkanes) is 3. The van der Waals surface area contributed by atoms with E-state index in [-0.39, 0.29) is 22.4 Å². The first-order valence-electron chi connectivity index (χ1n) is 10.4. The summed E-state index contributed by atoms with van der Waals surface area (Å²) in [5.41, 5.74) is 1.86. The van der Waals surface area contributed by atoms with Crippen LogP contribution in [0.3, 0.4) is 0 Å². The molecular formula is C24H31NO4. The number of carbonyl (C=O) groups excluding carboxylic acids is 1. The molecule has 2 N–H and O–H groups in total. The Morgan fingerprint density at radius 3 is 2.10 bits per heavy atom. The number of rotatable bonds is 11. The predicted octanol–water partition coefficient (Wildman–Crippen LogP) is 5.29. The van der Waals surface area contributed by atoms with Crippen molar-refractivity contribution in [3.8, 4) is 5.75 Å². The van der Waals surface area contributed by atoms with Gasteiger partial charge in [-0.05, 0) is 44.4 Å². The van der Waals surface area contributed by atoms with Gasteiger partial charge in [-0.15, -0.1) is 0 Å². The zero-order valence-corrected chi connectivity index (χ0v) is 17.6. The van der Waals surface area contributed by atoms with E-state index in [1.54, 1.807) is 18.2 Å². The molecule has 0 aromatic heterocycles. The largest absolute Gasteiger partial charge is 0.505 e. The molecule has 0 aliphatic carbocycles. The first kappa shape index (κ1) is 22.5. The van der Waals surface area contributed by atoms with Gasteiger partial charge in [0.05, 0.1) is 16.8 Å². The van der Waals surface area contributed by atoms with E-state index in [4.69, 9.17) is 0 Å². The number of carbonyl (C=O) groups is 2. The molecular weight excluding hydrogens is 366 g/mol. The molecule has 0 amide bonds. The molecule has 0 saturated carbocycles. The third-order valence-corrected chi connectivity index (χ3v) is 5.26. The number of hydrogen-bond donors (Lipinski definition) is 2. The minimum atomic E-state index is -1.16. The fourth-order valence-electron chi connectivity index (χ4n) is 3.65. The highest BCUT2D eigenvalue weighted by Gasteiger charge is 2.24. The maximum absolute atomic E-state index is 13.1. The molecule has 0 unspecified atom stereocenters. The summed E-state index contributed by atoms with van der Waals surface area (Å²) >= 11 is 0. The van der Waals surface area contributed by atoms with Crippen molar-refractivity contribution in [1.82, 2.24) is 0 Å². The fraction of sp³-hybridized carbons (Fsp3) is 0.417. The Morgan fingerprint density at radius 2 is 1.52 bits per heavy atom. The van der Waals surface area contributed by atoms with E-state index in [9.17, 15) is 19.8 Å². The zero-order chi connectivity index (χ0) is 21.4. The zero-order valence-electron chi connectivity index (χ0n) is 17.6. The summed E-state index contributed by atoms with van der Waals surface area (Å²) in [5, 5.41) is 20.5. The first-order chi connectivity index (χ1) is 14.0. The van der Waals surface area contributed by atoms with Crippen LogP contribution in [0, 0.1) is 0 Å². The van der Waals surface area contributed by atoms with Gasteiger partial charge in [-0.25, -0.2) is 4.79 Å². The van der Waals surface area contributed by atoms with E-state index in [0.717, 1.165) is 31.2 Å². The Labute approximate surface area is 173 Å². The van der Waals surface area contributed by atoms with Crippen LogP contribution in [0.4, 0.5) is 5.69 Å². The summed E-state index contributed by atoms with van der Waals surface area (Å²) in [4.78, 5) is 26.7. The van der Waals surface area contributed by atoms with Crippen molar-refractivity contribution < 1.29 is 19.8 Å². The first-order valence-corrected chi connectivity index (χ1v) is 10.4. The van der Waals surface area contributed by atoms with Crippen LogP contribution in [-0.4, -0.2) is 35.1 Å². The number of ketones is 1. The molecule has 0 spiro atoms. The van der Waals surface area contributed by atoms with Gasteiger partial charge in [0, 0.05) is 18.7 Å². The normalized spacial score (nSPS) is 10.7. The molecule has 0 bridgehead atoms. The number of aryl methyl sites for hydroxylation is 1. The smallest absolute Gasteiger partial charge is 0.336 e. The molecule has 156 valence electrons. The van der Waals surface area contributed by atoms with Crippen molar-refractivity contribution in [3.05, 3.63) is 58.7 Å². The molecule has 0 fully saturated rings. The van der Waals surface area contributed by atoms with Gasteiger partial charge in [-0.3, -0.25) is 4.79 Å². The molecule has 0 heterocycles. The number of carboxylic acids is 1. The molecule has 5 heteroatoms. The van der Waals surface area contributed by atoms with Crippen molar-refractivity contribution in [2.45, 2.75) is 52.9 Å². The number of benzene rings is 2. The van der Waals surface area contributed by atoms with Gasteiger partial charge >= 0.3 is 5.97 Å². The number of aromatic carboxylic acids is 1. The number of anilines is 1. The number of phenolic OH excluding ortho intramolecular Hbond substituents is 1. The number of aromatic hydroxyl groups is 1. The van der Waals surface area contributed by atoms with Crippen molar-refractivity contribution in [3.63, 3.8) is 0 Å². The number of nitrogens with zero attached hydrogens (tertiary/aromatic N) is 1. The summed E-state index contributed by atoms with van der Waals surface area (Å²) in [5.74, 6) is -1.71. The monoisotopic (exact) mass is 397 g/mol. The lowest BCUT2D eigenvalue weighted by Crippen LogP contribution is -2.24. The van der Waals surface area contributed by atoms with Crippen molar-refractivity contribution in [1.29, 1.82) is 0 Å². The number of carboxylic acid groups (broad SMARTS) is 1. The van der Waals surface area contributed by atoms with Gasteiger partial charge < -0.3 is 15.1 Å². The Morgan fingerprint density at radius 1 is 0.862 bits per heavy atom. The van der Waals surface area contributed by atoms with Gasteiger partial charge in [-0.2, -0.15) is 0 Å². The lowest BCUT2D eigenvalue weighted by atomic mass is 9.94. The summed E-state index contributed by atoms with van der Waals surface area (Å²) < 4.78 is 0. The molecule has 29 heavy (non-hydrogen) atoms. The van der Waals surface area contributed by atoms with Crippen molar-refractivity contribution in [2.75, 3.05) is 18.0 Å². The summed E-state index contributed by atoms with van der Waals surface area (Å²) in [7, 11) is 0. The molecule has 2 aromatic carbocycles. The van der Waals surface area contributed by atoms with Gasteiger partial charge in [-0.1, -0.05) is 50.5 Å². The second-order valence-corrected chi connectivity index (χ2v) is 7.13. The van der Waals surface area contributed by atoms with Gasteiger partial charge in [0.25, 0.3) is 0 Å². The van der Waals surface area contributed by atoms with Crippen LogP contribution in [0.25, 0.3) is 0 Å². The van der Waals surface area contributed by atoms with E-state index >= 15 is 0 Å². The Bertz CT molecular complexity index is 856. The van der Waals surface area contributed by atoms with Crippen molar-refractivity contribution >= 4 is 17.4 Å². The van der Waals surface area contributed by atoms with Gasteiger partial charge in [0.15, 0.2) is 5.78 Å². The van der Waals surface area contributed by atoms with Crippen LogP contribution >= 0.6 is 0 Å². The SMILES string of the molecule is CCCCCCc1ccc(C(=O)c2ccccc2C(=O)O)c(O)c1N(CC)CC. The molecule has 0 radical (unpaired) electrons. The topological polar surface area (TPSA) is 77.8 Å². The van der Waals surface area contributed by atoms with E-state index in [1.807, 2.05) is 24.8 Å². The average molecular weight is 398 g/mol. The summed E-state index contributed by atoms with van der Waals surface area (Å²) in [6.07, 6.45) is 5.32. The number of hydrogen-bond acceptors (Lipinski definition) is 4. The fourth-order valence-corrected chi connectivity index (χ4v) is 3.65. The second kappa shape index (κ2) is 10.6. The van der Waals surface area contributed by atoms with Crippen LogP contribution in [0.5, 0.6) is 5.75 Å². The van der Waals surface area contributed by atoms with Gasteiger partial charge in [0.1, 0.15) is 5.75 Å². The van der Waals surface area contributed by atoms with Crippen LogP contribution in [-0.2, 0) is 6.42 Å². The van der Waals surface area contributed by atoms with E-state index < -0.39 is 11.8 Å². The molecule has 2 aromatic rings. The summed E-state index contributed by atoms with van der Waals surface area (Å²) in [6.45, 7) is 7.60. The third kappa shape index (κ3) is 5.17. The minimum absolute atomic E-state index is 0.0631. The quantitative estimate of drug-likeness (QED) is 0.398. The predicted molar refractivity (Wildman–Crippen MR) is 116 cm³/mol. The molecule has 0 aliphatic heterocycles. The maximum atomic E-state index is 13.1. The van der Waals surface area contributed by atoms with E-state index in [2.05, 4.69) is 6.92 Å². The number of phenols is 1. The van der Waals surface area contributed by atoms with Gasteiger partial charge in [0.2, 0.25) is 0 Å². The van der Waals surface area contributed by atoms with Crippen LogP contribution in [0.15, 0.2) is 36.4 Å². The highest BCUT2D eigenvalue weighted by Crippen LogP contribution is 2.37. The lowest BCUT2D eigenvalue weighted by Gasteiger charge is -2.26.